The molecule has 1 unspecified atom stereocenters. The van der Waals surface area contributed by atoms with Gasteiger partial charge in [-0.05, 0) is 32.4 Å². The van der Waals surface area contributed by atoms with Crippen LogP contribution in [0.25, 0.3) is 11.4 Å². The second-order valence-electron chi connectivity index (χ2n) is 6.83. The van der Waals surface area contributed by atoms with E-state index in [-0.39, 0.29) is 24.4 Å². The number of hydrogen-bond acceptors (Lipinski definition) is 5. The molecule has 2 N–H and O–H groups in total. The summed E-state index contributed by atoms with van der Waals surface area (Å²) in [7, 11) is 0. The van der Waals surface area contributed by atoms with E-state index in [2.05, 4.69) is 15.0 Å². The van der Waals surface area contributed by atoms with Crippen LogP contribution >= 0.6 is 0 Å². The van der Waals surface area contributed by atoms with Crippen molar-refractivity contribution in [3.63, 3.8) is 0 Å². The molecule has 1 amide bonds. The van der Waals surface area contributed by atoms with Crippen molar-refractivity contribution in [3.05, 3.63) is 46.1 Å². The van der Waals surface area contributed by atoms with Crippen LogP contribution in [0.15, 0.2) is 29.3 Å². The number of aromatic amines is 1. The SMILES string of the molecule is Cc1nc(-c2cccnc2)[nH]c(=O)c1CC(=O)N1CCC(C)(C(=O)O)C1. The van der Waals surface area contributed by atoms with Gasteiger partial charge in [0.2, 0.25) is 5.91 Å². The van der Waals surface area contributed by atoms with Crippen molar-refractivity contribution in [2.45, 2.75) is 26.7 Å². The van der Waals surface area contributed by atoms with Crippen LogP contribution in [0.1, 0.15) is 24.6 Å². The number of likely N-dealkylation sites (tertiary alicyclic amines) is 1. The van der Waals surface area contributed by atoms with Gasteiger partial charge >= 0.3 is 5.97 Å². The van der Waals surface area contributed by atoms with Crippen LogP contribution < -0.4 is 5.56 Å². The van der Waals surface area contributed by atoms with Crippen molar-refractivity contribution in [1.82, 2.24) is 19.9 Å². The van der Waals surface area contributed by atoms with Crippen LogP contribution in [0.2, 0.25) is 0 Å². The first kappa shape index (κ1) is 17.8. The third kappa shape index (κ3) is 3.35. The van der Waals surface area contributed by atoms with Crippen LogP contribution in [-0.2, 0) is 16.0 Å². The maximum Gasteiger partial charge on any atom is 0.311 e. The number of aliphatic carboxylic acids is 1. The minimum atomic E-state index is -0.931. The van der Waals surface area contributed by atoms with Crippen molar-refractivity contribution in [2.24, 2.45) is 5.41 Å². The lowest BCUT2D eigenvalue weighted by molar-refractivity contribution is -0.147. The summed E-state index contributed by atoms with van der Waals surface area (Å²) in [5.74, 6) is -0.778. The third-order valence-electron chi connectivity index (χ3n) is 4.83. The molecule has 1 saturated heterocycles. The van der Waals surface area contributed by atoms with Gasteiger partial charge in [0.05, 0.1) is 11.8 Å². The van der Waals surface area contributed by atoms with E-state index in [1.54, 1.807) is 38.4 Å². The van der Waals surface area contributed by atoms with Crippen LogP contribution in [0.5, 0.6) is 0 Å². The monoisotopic (exact) mass is 356 g/mol. The Bertz CT molecular complexity index is 909. The second kappa shape index (κ2) is 6.70. The minimum absolute atomic E-state index is 0.100. The lowest BCUT2D eigenvalue weighted by Crippen LogP contribution is -2.36. The summed E-state index contributed by atoms with van der Waals surface area (Å²) in [6.45, 7) is 3.84. The average Bonchev–Trinajstić information content (AvgIpc) is 3.02. The number of carbonyl (C=O) groups is 2. The van der Waals surface area contributed by atoms with Crippen LogP contribution in [0.3, 0.4) is 0 Å². The van der Waals surface area contributed by atoms with Gasteiger partial charge in [0.15, 0.2) is 0 Å². The van der Waals surface area contributed by atoms with Gasteiger partial charge in [0, 0.05) is 42.3 Å². The number of nitrogens with zero attached hydrogens (tertiary/aromatic N) is 3. The van der Waals surface area contributed by atoms with E-state index in [4.69, 9.17) is 0 Å². The molecule has 0 radical (unpaired) electrons. The minimum Gasteiger partial charge on any atom is -0.481 e. The second-order valence-corrected chi connectivity index (χ2v) is 6.83. The van der Waals surface area contributed by atoms with E-state index in [1.165, 1.54) is 4.90 Å². The zero-order valence-corrected chi connectivity index (χ0v) is 14.7. The maximum atomic E-state index is 12.5. The van der Waals surface area contributed by atoms with E-state index < -0.39 is 11.4 Å². The van der Waals surface area contributed by atoms with Gasteiger partial charge < -0.3 is 15.0 Å². The zero-order chi connectivity index (χ0) is 18.9. The molecule has 8 nitrogen and oxygen atoms in total. The molecule has 1 aliphatic rings. The molecule has 8 heteroatoms. The van der Waals surface area contributed by atoms with E-state index in [0.717, 1.165) is 0 Å². The highest BCUT2D eigenvalue weighted by Crippen LogP contribution is 2.30. The Balaban J connectivity index is 1.80. The van der Waals surface area contributed by atoms with Gasteiger partial charge in [0.1, 0.15) is 5.82 Å². The molecule has 136 valence electrons. The van der Waals surface area contributed by atoms with E-state index in [1.807, 2.05) is 0 Å². The quantitative estimate of drug-likeness (QED) is 0.844. The van der Waals surface area contributed by atoms with Crippen molar-refractivity contribution in [2.75, 3.05) is 13.1 Å². The Morgan fingerprint density at radius 3 is 2.77 bits per heavy atom. The molecular formula is C18H20N4O4. The first-order chi connectivity index (χ1) is 12.3. The summed E-state index contributed by atoms with van der Waals surface area (Å²) in [5, 5.41) is 9.28. The van der Waals surface area contributed by atoms with Gasteiger partial charge in [-0.25, -0.2) is 4.98 Å². The van der Waals surface area contributed by atoms with Gasteiger partial charge in [-0.15, -0.1) is 0 Å². The summed E-state index contributed by atoms with van der Waals surface area (Å²) in [4.78, 5) is 48.9. The van der Waals surface area contributed by atoms with E-state index in [0.29, 0.717) is 35.6 Å². The molecule has 0 spiro atoms. The fourth-order valence-electron chi connectivity index (χ4n) is 3.07. The van der Waals surface area contributed by atoms with Crippen molar-refractivity contribution in [3.8, 4) is 11.4 Å². The summed E-state index contributed by atoms with van der Waals surface area (Å²) in [5.41, 5.74) is 0.152. The number of amides is 1. The molecule has 0 aromatic carbocycles. The van der Waals surface area contributed by atoms with Crippen LogP contribution in [0.4, 0.5) is 0 Å². The molecule has 0 bridgehead atoms. The summed E-state index contributed by atoms with van der Waals surface area (Å²) < 4.78 is 0. The Morgan fingerprint density at radius 2 is 2.19 bits per heavy atom. The smallest absolute Gasteiger partial charge is 0.311 e. The van der Waals surface area contributed by atoms with Crippen LogP contribution in [-0.4, -0.2) is 49.9 Å². The molecule has 2 aromatic heterocycles. The van der Waals surface area contributed by atoms with Gasteiger partial charge in [-0.3, -0.25) is 19.4 Å². The fourth-order valence-corrected chi connectivity index (χ4v) is 3.07. The average molecular weight is 356 g/mol. The summed E-state index contributed by atoms with van der Waals surface area (Å²) in [6, 6.07) is 3.53. The van der Waals surface area contributed by atoms with Gasteiger partial charge in [-0.2, -0.15) is 0 Å². The van der Waals surface area contributed by atoms with Gasteiger partial charge in [0.25, 0.3) is 5.56 Å². The normalized spacial score (nSPS) is 19.5. The third-order valence-corrected chi connectivity index (χ3v) is 4.83. The highest BCUT2D eigenvalue weighted by atomic mass is 16.4. The number of carboxylic acid groups (broad SMARTS) is 1. The highest BCUT2D eigenvalue weighted by molar-refractivity contribution is 5.82. The molecule has 0 saturated carbocycles. The first-order valence-corrected chi connectivity index (χ1v) is 8.31. The lowest BCUT2D eigenvalue weighted by atomic mass is 9.90. The number of hydrogen-bond donors (Lipinski definition) is 2. The first-order valence-electron chi connectivity index (χ1n) is 8.31. The molecule has 1 fully saturated rings. The molecule has 26 heavy (non-hydrogen) atoms. The van der Waals surface area contributed by atoms with Gasteiger partial charge in [-0.1, -0.05) is 0 Å². The zero-order valence-electron chi connectivity index (χ0n) is 14.7. The van der Waals surface area contributed by atoms with E-state index in [9.17, 15) is 19.5 Å². The molecule has 3 rings (SSSR count). The van der Waals surface area contributed by atoms with Crippen molar-refractivity contribution < 1.29 is 14.7 Å². The number of aromatic nitrogens is 3. The number of pyridine rings is 1. The number of carboxylic acids is 1. The Hall–Kier alpha value is -3.03. The number of H-pyrrole nitrogens is 1. The van der Waals surface area contributed by atoms with Crippen LogP contribution in [0, 0.1) is 12.3 Å². The fraction of sp³-hybridized carbons (Fsp3) is 0.389. The molecule has 1 aliphatic heterocycles. The predicted molar refractivity (Wildman–Crippen MR) is 93.5 cm³/mol. The molecule has 1 atom stereocenters. The number of nitrogens with one attached hydrogen (secondary N) is 1. The Labute approximate surface area is 149 Å². The van der Waals surface area contributed by atoms with E-state index >= 15 is 0 Å². The molecule has 0 aliphatic carbocycles. The van der Waals surface area contributed by atoms with Crippen molar-refractivity contribution in [1.29, 1.82) is 0 Å². The summed E-state index contributed by atoms with van der Waals surface area (Å²) in [6.07, 6.45) is 3.53. The largest absolute Gasteiger partial charge is 0.481 e. The summed E-state index contributed by atoms with van der Waals surface area (Å²) >= 11 is 0. The standard InChI is InChI=1S/C18H20N4O4/c1-11-13(8-14(23)22-7-5-18(2,10-22)17(25)26)16(24)21-15(20-11)12-4-3-6-19-9-12/h3-4,6,9H,5,7-8,10H2,1-2H3,(H,25,26)(H,20,21,24). The Kier molecular flexibility index (Phi) is 4.58. The molecule has 3 heterocycles. The molecular weight excluding hydrogens is 336 g/mol. The molecule has 2 aromatic rings. The number of rotatable bonds is 4. The Morgan fingerprint density at radius 1 is 1.42 bits per heavy atom. The highest BCUT2D eigenvalue weighted by Gasteiger charge is 2.42. The topological polar surface area (TPSA) is 116 Å². The lowest BCUT2D eigenvalue weighted by Gasteiger charge is -2.20. The maximum absolute atomic E-state index is 12.5. The number of carbonyl (C=O) groups excluding carboxylic acids is 1. The number of aryl methyl sites for hydroxylation is 1. The van der Waals surface area contributed by atoms with Crippen molar-refractivity contribution >= 4 is 11.9 Å². The predicted octanol–water partition coefficient (Wildman–Crippen LogP) is 1.01.